The van der Waals surface area contributed by atoms with Crippen molar-refractivity contribution in [1.29, 1.82) is 0 Å². The number of sulfonamides is 2. The molecule has 678 valence electrons. The third-order valence-corrected chi connectivity index (χ3v) is 268. The predicted octanol–water partition coefficient (Wildman–Crippen LogP) is 14.3. The van der Waals surface area contributed by atoms with Gasteiger partial charge in [-0.15, -0.1) is 39.4 Å². The zero-order valence-corrected chi connectivity index (χ0v) is 85.1. The number of aromatic nitrogens is 18. The van der Waals surface area contributed by atoms with Crippen molar-refractivity contribution in [3.63, 3.8) is 0 Å². The number of aryl methyl sites for hydroxylation is 1. The maximum absolute atomic E-state index is 12.6. The van der Waals surface area contributed by atoms with Gasteiger partial charge in [-0.25, -0.2) is 37.7 Å². The number of esters is 1. The number of halogens is 9. The van der Waals surface area contributed by atoms with Crippen LogP contribution in [0, 0.1) is 17.3 Å². The number of aromatic carboxylic acids is 1. The van der Waals surface area contributed by atoms with Crippen LogP contribution in [-0.2, 0) is 53.8 Å². The van der Waals surface area contributed by atoms with Gasteiger partial charge in [-0.2, -0.15) is 16.8 Å². The van der Waals surface area contributed by atoms with Gasteiger partial charge in [0, 0.05) is 36.3 Å². The molecule has 2 aliphatic rings. The number of benzene rings is 8. The third-order valence-electron chi connectivity index (χ3n) is 16.2. The Morgan fingerprint density at radius 1 is 0.531 bits per heavy atom. The molecule has 6 aromatic heterocycles. The zero-order chi connectivity index (χ0) is 89.0. The van der Waals surface area contributed by atoms with E-state index in [9.17, 15) is 46.1 Å². The number of amidine groups is 2. The molecule has 37 nitrogen and oxygen atoms in total. The number of anilines is 2. The molecule has 0 aliphatic carbocycles. The summed E-state index contributed by atoms with van der Waals surface area (Å²) >= 11 is 15.5. The topological polar surface area (TPSA) is 488 Å². The molecule has 0 unspecified atom stereocenters. The molecule has 0 radical (unpaired) electrons. The number of rotatable bonds is 22. The number of carboxylic acid groups (broad SMARTS) is 1. The molecule has 0 bridgehead atoms. The summed E-state index contributed by atoms with van der Waals surface area (Å²) in [7, 11) is -8.24. The van der Waals surface area contributed by atoms with E-state index < -0.39 is 36.9 Å². The van der Waals surface area contributed by atoms with Crippen molar-refractivity contribution < 1.29 is 69.1 Å². The number of nitro groups is 1. The molecule has 0 fully saturated rings. The molecule has 16 rings (SSSR count). The number of ether oxygens (including phenoxy) is 1. The second kappa shape index (κ2) is 56.8. The van der Waals surface area contributed by atoms with E-state index in [0.29, 0.717) is 60.8 Å². The van der Waals surface area contributed by atoms with Gasteiger partial charge in [0.15, 0.2) is 17.9 Å². The molecule has 128 heavy (non-hydrogen) atoms. The monoisotopic (exact) mass is 2790 g/mol. The molecule has 2 aliphatic heterocycles. The van der Waals surface area contributed by atoms with Gasteiger partial charge in [0.05, 0.1) is 144 Å². The number of hydrogen-bond acceptors (Lipinski definition) is 27. The Morgan fingerprint density at radius 3 is 1.29 bits per heavy atom. The van der Waals surface area contributed by atoms with Gasteiger partial charge in [-0.1, -0.05) is 158 Å². The summed E-state index contributed by atoms with van der Waals surface area (Å²) in [5.74, 6) is -2.55. The molecule has 14 aromatic rings. The van der Waals surface area contributed by atoms with Crippen LogP contribution in [0.25, 0.3) is 40.2 Å². The molecule has 0 amide bonds. The molecule has 0 saturated carbocycles. The second-order valence-electron chi connectivity index (χ2n) is 24.1. The van der Waals surface area contributed by atoms with Gasteiger partial charge < -0.3 is 31.3 Å². The number of aliphatic hydroxyl groups excluding tert-OH is 1. The first-order valence-electron chi connectivity index (χ1n) is 35.6. The Hall–Kier alpha value is -8.65. The quantitative estimate of drug-likeness (QED) is 0.0138. The van der Waals surface area contributed by atoms with Crippen LogP contribution >= 0.6 is 135 Å². The number of carbonyl (C=O) groups is 4. The largest absolute Gasteiger partial charge is 0.478 e. The van der Waals surface area contributed by atoms with Crippen molar-refractivity contribution in [2.75, 3.05) is 23.8 Å². The summed E-state index contributed by atoms with van der Waals surface area (Å²) in [5, 5.41) is 79.2. The minimum atomic E-state index is -3.89. The Morgan fingerprint density at radius 2 is 0.898 bits per heavy atom. The SMILES string of the molecule is C.C.C.C.CCOC(=O)C1=NS(=O)(=O)c2cc(I)ccc2N1.I[I-]I(I)I(I)I.NCCc1ccccc1-n1ccnn1.O=C(CCCc1ccccc1-n1ccnn1)C1=NS(=O)(=O)c2cc(I)ccc2N1.O=C(O)c1ccccc1-n1ccnn1.O=Cc1ccccc1-n1ccnn1.O=[N+]([O-])/C=C/c1ccccc1-n1ccnn1.OCc1ccccc1-n1ccnn1. The maximum Gasteiger partial charge on any atom is 0.337 e. The van der Waals surface area contributed by atoms with E-state index in [0.717, 1.165) is 65.6 Å². The van der Waals surface area contributed by atoms with Gasteiger partial charge in [-0.3, -0.25) is 19.7 Å². The van der Waals surface area contributed by atoms with Gasteiger partial charge in [0.1, 0.15) is 9.79 Å². The maximum atomic E-state index is 12.6. The number of nitrogens with zero attached hydrogens (tertiary/aromatic N) is 21. The summed E-state index contributed by atoms with van der Waals surface area (Å²) < 4.78 is 71.6. The number of aldehydes is 1. The van der Waals surface area contributed by atoms with Gasteiger partial charge in [0.25, 0.3) is 20.0 Å². The molecule has 8 heterocycles. The van der Waals surface area contributed by atoms with Crippen molar-refractivity contribution in [2.24, 2.45) is 14.5 Å². The van der Waals surface area contributed by atoms with Crippen LogP contribution in [0.4, 0.5) is 11.4 Å². The summed E-state index contributed by atoms with van der Waals surface area (Å²) in [6, 6.07) is 54.2. The van der Waals surface area contributed by atoms with Crippen molar-refractivity contribution in [1.82, 2.24) is 90.0 Å². The molecule has 0 saturated heterocycles. The number of carboxylic acids is 1. The summed E-state index contributed by atoms with van der Waals surface area (Å²) in [6.07, 6.45) is 25.1. The Kier molecular flexibility index (Phi) is 48.8. The van der Waals surface area contributed by atoms with E-state index in [1.807, 2.05) is 148 Å². The van der Waals surface area contributed by atoms with E-state index >= 15 is 0 Å². The number of nitrogens with two attached hydrogens (primary N) is 1. The van der Waals surface area contributed by atoms with Gasteiger partial charge in [-0.05, 0) is 174 Å². The molecule has 0 spiro atoms. The Balaban J connectivity index is 0.000000265. The fourth-order valence-corrected chi connectivity index (χ4v) is 224. The molecule has 6 N–H and O–H groups in total. The summed E-state index contributed by atoms with van der Waals surface area (Å²) in [5.41, 5.74) is 15.6. The van der Waals surface area contributed by atoms with Crippen molar-refractivity contribution in [3.05, 3.63) is 313 Å². The standard InChI is InChI=1S/C19H16IN5O3S.C10H9IN2O4S.C10H8N4O2.C10H12N4.C9H7N3O2.C9H9N3O.C9H7N3O.4CH4.I7/c20-14-8-9-15-18(12-14)29(27,28)23-19(22-15)17(26)7-3-5-13-4-1-2-6-16(13)25-11-10-21-24-25;1-2-17-10(14)9-12-7-4-3-6(11)5-8(7)18(15,16)13-9;15-14(16)7-5-9-3-1-2-4-10(9)13-8-6-11-12-13;11-6-5-9-3-1-2-4-10(9)14-8-7-12-13-14;13-9(14)7-3-1-2-4-8(7)12-6-5-10-11-12;2*13-7-8-3-1-2-4-9(8)12-6-5-10-11-12;;;;;1-5-7(4)6(2)3/h1-2,4,6,8-12H,3,5,7H2,(H,22,23);3-5H,2H2,1H3,(H,12,13);1-8H;1-4,7-8H,5-6,11H2;1-6H,(H,13,14);1-6,13H,7H2;1-7H;4*1H4;/q;;;;;;;;;;;-1/b;;7-5+;;;;;;;;;. The number of carbonyl (C=O) groups excluding carboxylic acids is 3. The van der Waals surface area contributed by atoms with Crippen LogP contribution in [0.2, 0.25) is 0 Å². The van der Waals surface area contributed by atoms with E-state index in [-0.39, 0.29) is 97.9 Å². The Labute approximate surface area is 821 Å². The van der Waals surface area contributed by atoms with E-state index in [4.69, 9.17) is 20.7 Å². The number of para-hydroxylation sites is 6. The van der Waals surface area contributed by atoms with Crippen LogP contribution in [0.15, 0.2) is 281 Å². The van der Waals surface area contributed by atoms with Crippen molar-refractivity contribution in [3.8, 4) is 34.1 Å². The Bertz CT molecular complexity index is 6170. The average Bonchev–Trinajstić information content (AvgIpc) is 1.39. The molecule has 8 aromatic carbocycles. The third kappa shape index (κ3) is 33.3. The number of hydrogen-bond donors (Lipinski definition) is 5. The first-order valence-corrected chi connectivity index (χ1v) is 78.3. The minimum absolute atomic E-state index is 0. The van der Waals surface area contributed by atoms with Gasteiger partial charge in [0.2, 0.25) is 12.0 Å². The fraction of sp³-hybridized carbons (Fsp3) is 0.150. The fourth-order valence-electron chi connectivity index (χ4n) is 10.8. The van der Waals surface area contributed by atoms with Gasteiger partial charge >= 0.3 is 115 Å². The summed E-state index contributed by atoms with van der Waals surface area (Å²) in [4.78, 5) is 55.5. The number of ketones is 1. The normalized spacial score (nSPS) is 12.0. The van der Waals surface area contributed by atoms with Crippen LogP contribution in [-0.4, -0.2) is 171 Å². The second-order valence-corrected chi connectivity index (χ2v) is 143. The number of nitrogens with one attached hydrogen (secondary N) is 2. The first-order chi connectivity index (χ1) is 59.9. The number of aliphatic hydroxyl groups is 1. The number of fused-ring (bicyclic) bond motifs is 2. The minimum Gasteiger partial charge on any atom is -0.478 e. The number of Topliss-reactive ketones (excluding diaryl/α,β-unsaturated/α-hetero) is 1. The van der Waals surface area contributed by atoms with Crippen LogP contribution in [0.3, 0.4) is 0 Å². The predicted molar refractivity (Wildman–Crippen MR) is 556 cm³/mol. The summed E-state index contributed by atoms with van der Waals surface area (Å²) in [6.45, 7) is 2.44. The first kappa shape index (κ1) is 110. The molecule has 0 atom stereocenters. The van der Waals surface area contributed by atoms with Crippen molar-refractivity contribution in [2.45, 2.75) is 78.7 Å². The molecule has 48 heteroatoms. The van der Waals surface area contributed by atoms with Crippen LogP contribution < -0.4 is 29.6 Å². The molecular formula is C80H84I9N24O13S2-. The van der Waals surface area contributed by atoms with Crippen LogP contribution in [0.5, 0.6) is 0 Å². The zero-order valence-electron chi connectivity index (χ0n) is 64.0. The van der Waals surface area contributed by atoms with Crippen LogP contribution in [0.1, 0.15) is 92.4 Å². The van der Waals surface area contributed by atoms with E-state index in [1.54, 1.807) is 153 Å². The smallest absolute Gasteiger partial charge is 0.337 e. The average molecular weight is 2800 g/mol. The van der Waals surface area contributed by atoms with E-state index in [1.165, 1.54) is 40.7 Å². The van der Waals surface area contributed by atoms with E-state index in [2.05, 4.69) is 162 Å². The molecular weight excluding hydrogens is 2710 g/mol. The van der Waals surface area contributed by atoms with Crippen molar-refractivity contribution >= 4 is 209 Å².